The Bertz CT molecular complexity index is 1650. The lowest BCUT2D eigenvalue weighted by Crippen LogP contribution is -2.24. The van der Waals surface area contributed by atoms with E-state index in [-0.39, 0.29) is 24.0 Å². The van der Waals surface area contributed by atoms with Crippen LogP contribution in [-0.4, -0.2) is 37.6 Å². The second-order valence-electron chi connectivity index (χ2n) is 8.23. The van der Waals surface area contributed by atoms with Crippen molar-refractivity contribution in [3.63, 3.8) is 0 Å². The standard InChI is InChI=1S/C26H21N5O4S/c32-23(27-18-10-11-21-22(14-18)35-16-34-21)15-36-26-29-28-25-30(13-12-17-6-2-1-3-7-17)24(33)19-8-4-5-9-20(19)31(25)26/h1-11,14H,12-13,15-16H2,(H,27,32). The first-order valence-electron chi connectivity index (χ1n) is 11.4. The fourth-order valence-corrected chi connectivity index (χ4v) is 4.96. The quantitative estimate of drug-likeness (QED) is 0.341. The highest BCUT2D eigenvalue weighted by molar-refractivity contribution is 7.99. The van der Waals surface area contributed by atoms with Gasteiger partial charge in [0, 0.05) is 18.3 Å². The molecule has 3 heterocycles. The minimum atomic E-state index is -0.197. The molecule has 5 aromatic rings. The van der Waals surface area contributed by atoms with Gasteiger partial charge in [-0.25, -0.2) is 0 Å². The van der Waals surface area contributed by atoms with Crippen LogP contribution in [-0.2, 0) is 17.8 Å². The number of para-hydroxylation sites is 1. The highest BCUT2D eigenvalue weighted by Crippen LogP contribution is 2.34. The average molecular weight is 500 g/mol. The smallest absolute Gasteiger partial charge is 0.262 e. The van der Waals surface area contributed by atoms with Crippen molar-refractivity contribution in [2.24, 2.45) is 0 Å². The van der Waals surface area contributed by atoms with E-state index in [1.54, 1.807) is 28.8 Å². The van der Waals surface area contributed by atoms with Gasteiger partial charge >= 0.3 is 0 Å². The van der Waals surface area contributed by atoms with Gasteiger partial charge in [0.2, 0.25) is 18.5 Å². The first-order valence-corrected chi connectivity index (χ1v) is 12.4. The monoisotopic (exact) mass is 499 g/mol. The van der Waals surface area contributed by atoms with Crippen LogP contribution in [0, 0.1) is 0 Å². The number of fused-ring (bicyclic) bond motifs is 4. The number of carbonyl (C=O) groups is 1. The predicted octanol–water partition coefficient (Wildman–Crippen LogP) is 3.75. The predicted molar refractivity (Wildman–Crippen MR) is 137 cm³/mol. The molecule has 0 unspecified atom stereocenters. The number of thioether (sulfide) groups is 1. The van der Waals surface area contributed by atoms with E-state index in [9.17, 15) is 9.59 Å². The van der Waals surface area contributed by atoms with Crippen LogP contribution in [0.1, 0.15) is 5.56 Å². The van der Waals surface area contributed by atoms with Crippen LogP contribution in [0.3, 0.4) is 0 Å². The van der Waals surface area contributed by atoms with Gasteiger partial charge in [-0.05, 0) is 36.2 Å². The Morgan fingerprint density at radius 2 is 1.78 bits per heavy atom. The number of nitrogens with one attached hydrogen (secondary N) is 1. The molecule has 1 amide bonds. The molecule has 180 valence electrons. The fraction of sp³-hybridized carbons (Fsp3) is 0.154. The Kier molecular flexibility index (Phi) is 5.78. The summed E-state index contributed by atoms with van der Waals surface area (Å²) in [5, 5.41) is 12.6. The lowest BCUT2D eigenvalue weighted by atomic mass is 10.1. The topological polar surface area (TPSA) is 99.8 Å². The Morgan fingerprint density at radius 1 is 0.972 bits per heavy atom. The first kappa shape index (κ1) is 22.2. The zero-order valence-electron chi connectivity index (χ0n) is 19.1. The fourth-order valence-electron chi connectivity index (χ4n) is 4.22. The molecule has 36 heavy (non-hydrogen) atoms. The molecule has 0 fully saturated rings. The van der Waals surface area contributed by atoms with E-state index < -0.39 is 0 Å². The van der Waals surface area contributed by atoms with Gasteiger partial charge in [-0.3, -0.25) is 18.6 Å². The SMILES string of the molecule is O=C(CSc1nnc2n(CCc3ccccc3)c(=O)c3ccccc3n12)Nc1ccc2c(c1)OCO2. The van der Waals surface area contributed by atoms with E-state index in [2.05, 4.69) is 15.5 Å². The van der Waals surface area contributed by atoms with Gasteiger partial charge in [0.05, 0.1) is 16.7 Å². The maximum Gasteiger partial charge on any atom is 0.262 e. The maximum atomic E-state index is 13.3. The van der Waals surface area contributed by atoms with E-state index in [1.165, 1.54) is 11.8 Å². The molecule has 0 spiro atoms. The number of amides is 1. The number of ether oxygens (including phenoxy) is 2. The summed E-state index contributed by atoms with van der Waals surface area (Å²) in [4.78, 5) is 26.0. The van der Waals surface area contributed by atoms with Crippen LogP contribution < -0.4 is 20.3 Å². The molecule has 1 aliphatic rings. The summed E-state index contributed by atoms with van der Waals surface area (Å²) in [6.45, 7) is 0.636. The number of anilines is 1. The van der Waals surface area contributed by atoms with E-state index in [1.807, 2.05) is 52.9 Å². The summed E-state index contributed by atoms with van der Waals surface area (Å²) in [7, 11) is 0. The zero-order valence-corrected chi connectivity index (χ0v) is 19.9. The summed E-state index contributed by atoms with van der Waals surface area (Å²) in [6.07, 6.45) is 0.683. The third-order valence-electron chi connectivity index (χ3n) is 5.93. The molecule has 1 N–H and O–H groups in total. The van der Waals surface area contributed by atoms with Crippen LogP contribution in [0.5, 0.6) is 11.5 Å². The third-order valence-corrected chi connectivity index (χ3v) is 6.86. The van der Waals surface area contributed by atoms with Crippen molar-refractivity contribution in [3.8, 4) is 11.5 Å². The molecule has 1 aliphatic heterocycles. The number of benzene rings is 3. The van der Waals surface area contributed by atoms with E-state index in [0.717, 1.165) is 5.56 Å². The second-order valence-corrected chi connectivity index (χ2v) is 9.17. The lowest BCUT2D eigenvalue weighted by molar-refractivity contribution is -0.113. The third kappa shape index (κ3) is 4.16. The van der Waals surface area contributed by atoms with Crippen LogP contribution in [0.4, 0.5) is 5.69 Å². The van der Waals surface area contributed by atoms with Crippen molar-refractivity contribution < 1.29 is 14.3 Å². The number of aryl methyl sites for hydroxylation is 2. The van der Waals surface area contributed by atoms with Crippen molar-refractivity contribution in [3.05, 3.63) is 88.7 Å². The van der Waals surface area contributed by atoms with Crippen LogP contribution in [0.2, 0.25) is 0 Å². The Morgan fingerprint density at radius 3 is 2.67 bits per heavy atom. The van der Waals surface area contributed by atoms with Gasteiger partial charge in [0.15, 0.2) is 16.7 Å². The Balaban J connectivity index is 1.27. The summed E-state index contributed by atoms with van der Waals surface area (Å²) in [5.74, 6) is 1.63. The number of nitrogens with zero attached hydrogens (tertiary/aromatic N) is 4. The lowest BCUT2D eigenvalue weighted by Gasteiger charge is -2.11. The van der Waals surface area contributed by atoms with Crippen LogP contribution >= 0.6 is 11.8 Å². The Hall–Kier alpha value is -4.31. The van der Waals surface area contributed by atoms with Gasteiger partial charge < -0.3 is 14.8 Å². The number of rotatable bonds is 7. The summed E-state index contributed by atoms with van der Waals surface area (Å²) < 4.78 is 14.2. The number of hydrogen-bond donors (Lipinski definition) is 1. The van der Waals surface area contributed by atoms with Crippen LogP contribution in [0.15, 0.2) is 82.7 Å². The Labute approximate surface area is 209 Å². The van der Waals surface area contributed by atoms with Crippen LogP contribution in [0.25, 0.3) is 16.7 Å². The molecule has 0 saturated heterocycles. The number of aromatic nitrogens is 4. The van der Waals surface area contributed by atoms with Gasteiger partial charge in [-0.15, -0.1) is 10.2 Å². The molecule has 0 bridgehead atoms. The molecule has 10 heteroatoms. The summed E-state index contributed by atoms with van der Waals surface area (Å²) >= 11 is 1.26. The minimum Gasteiger partial charge on any atom is -0.454 e. The van der Waals surface area contributed by atoms with E-state index in [4.69, 9.17) is 9.47 Å². The minimum absolute atomic E-state index is 0.112. The van der Waals surface area contributed by atoms with E-state index >= 15 is 0 Å². The molecular formula is C26H21N5O4S. The van der Waals surface area contributed by atoms with Crippen molar-refractivity contribution in [2.75, 3.05) is 17.9 Å². The first-order chi connectivity index (χ1) is 17.7. The maximum absolute atomic E-state index is 13.3. The largest absolute Gasteiger partial charge is 0.454 e. The van der Waals surface area contributed by atoms with Crippen molar-refractivity contribution in [1.82, 2.24) is 19.2 Å². The molecule has 2 aromatic heterocycles. The zero-order chi connectivity index (χ0) is 24.5. The summed E-state index contributed by atoms with van der Waals surface area (Å²) in [6, 6.07) is 22.6. The van der Waals surface area contributed by atoms with E-state index in [0.29, 0.717) is 52.0 Å². The van der Waals surface area contributed by atoms with Crippen molar-refractivity contribution >= 4 is 40.0 Å². The van der Waals surface area contributed by atoms with Gasteiger partial charge in [-0.2, -0.15) is 0 Å². The van der Waals surface area contributed by atoms with Crippen molar-refractivity contribution in [2.45, 2.75) is 18.1 Å². The molecule has 6 rings (SSSR count). The van der Waals surface area contributed by atoms with Gasteiger partial charge in [0.25, 0.3) is 5.56 Å². The normalized spacial score (nSPS) is 12.3. The molecule has 0 atom stereocenters. The summed E-state index contributed by atoms with van der Waals surface area (Å²) in [5.41, 5.74) is 2.34. The number of carbonyl (C=O) groups excluding carboxylic acids is 1. The number of hydrogen-bond acceptors (Lipinski definition) is 7. The van der Waals surface area contributed by atoms with Gasteiger partial charge in [-0.1, -0.05) is 54.2 Å². The van der Waals surface area contributed by atoms with Crippen molar-refractivity contribution in [1.29, 1.82) is 0 Å². The molecule has 9 nitrogen and oxygen atoms in total. The van der Waals surface area contributed by atoms with Gasteiger partial charge in [0.1, 0.15) is 0 Å². The average Bonchev–Trinajstić information content (AvgIpc) is 3.55. The molecule has 0 saturated carbocycles. The second kappa shape index (κ2) is 9.38. The highest BCUT2D eigenvalue weighted by Gasteiger charge is 2.18. The molecule has 0 aliphatic carbocycles. The molecular weight excluding hydrogens is 478 g/mol. The molecule has 3 aromatic carbocycles. The molecule has 0 radical (unpaired) electrons. The highest BCUT2D eigenvalue weighted by atomic mass is 32.2.